The van der Waals surface area contributed by atoms with Crippen LogP contribution < -0.4 is 20.7 Å². The van der Waals surface area contributed by atoms with Gasteiger partial charge in [0.05, 0.1) is 32.3 Å². The zero-order valence-electron chi connectivity index (χ0n) is 23.4. The Morgan fingerprint density at radius 1 is 1.05 bits per heavy atom. The molecule has 4 rings (SSSR count). The number of alkyl halides is 2. The molecule has 0 atom stereocenters. The summed E-state index contributed by atoms with van der Waals surface area (Å²) in [4.78, 5) is 29.9. The third-order valence-corrected chi connectivity index (χ3v) is 7.07. The van der Waals surface area contributed by atoms with Gasteiger partial charge in [-0.3, -0.25) is 9.59 Å². The maximum Gasteiger partial charge on any atom is 0.272 e. The van der Waals surface area contributed by atoms with Gasteiger partial charge in [-0.2, -0.15) is 0 Å². The van der Waals surface area contributed by atoms with Crippen LogP contribution in [0, 0.1) is 17.0 Å². The van der Waals surface area contributed by atoms with Crippen LogP contribution in [-0.4, -0.2) is 34.4 Å². The molecular formula is C29H27Cl2F4N5O3. The molecule has 228 valence electrons. The molecule has 4 aromatic rings. The summed E-state index contributed by atoms with van der Waals surface area (Å²) in [5.74, 6) is -3.29. The lowest BCUT2D eigenvalue weighted by Gasteiger charge is -2.19. The molecule has 0 saturated carbocycles. The number of anilines is 3. The molecule has 0 bridgehead atoms. The van der Waals surface area contributed by atoms with E-state index in [9.17, 15) is 27.2 Å². The van der Waals surface area contributed by atoms with Gasteiger partial charge in [-0.25, -0.2) is 22.5 Å². The Kier molecular flexibility index (Phi) is 9.41. The Morgan fingerprint density at radius 3 is 2.35 bits per heavy atom. The molecule has 0 fully saturated rings. The van der Waals surface area contributed by atoms with Crippen LogP contribution in [0.1, 0.15) is 36.7 Å². The van der Waals surface area contributed by atoms with Crippen LogP contribution in [0.25, 0.3) is 11.0 Å². The minimum atomic E-state index is -2.86. The van der Waals surface area contributed by atoms with Gasteiger partial charge in [0.25, 0.3) is 12.3 Å². The summed E-state index contributed by atoms with van der Waals surface area (Å²) in [6.45, 7) is 4.44. The Morgan fingerprint density at radius 2 is 1.72 bits per heavy atom. The first-order chi connectivity index (χ1) is 20.2. The Bertz CT molecular complexity index is 1690. The van der Waals surface area contributed by atoms with Crippen LogP contribution in [-0.2, 0) is 18.4 Å². The molecule has 8 nitrogen and oxygen atoms in total. The molecule has 0 aliphatic rings. The quantitative estimate of drug-likeness (QED) is 0.165. The molecule has 43 heavy (non-hydrogen) atoms. The zero-order valence-corrected chi connectivity index (χ0v) is 24.9. The molecule has 2 amide bonds. The third-order valence-electron chi connectivity index (χ3n) is 6.32. The highest BCUT2D eigenvalue weighted by Gasteiger charge is 2.24. The lowest BCUT2D eigenvalue weighted by molar-refractivity contribution is -0.128. The zero-order chi connectivity index (χ0) is 31.6. The molecule has 1 heterocycles. The number of halogens is 6. The van der Waals surface area contributed by atoms with Crippen LogP contribution in [0.3, 0.4) is 0 Å². The van der Waals surface area contributed by atoms with Gasteiger partial charge in [-0.1, -0.05) is 56.1 Å². The Labute approximate surface area is 254 Å². The van der Waals surface area contributed by atoms with Crippen molar-refractivity contribution in [1.82, 2.24) is 14.9 Å². The summed E-state index contributed by atoms with van der Waals surface area (Å²) >= 11 is 13.1. The summed E-state index contributed by atoms with van der Waals surface area (Å²) in [5.41, 5.74) is -0.162. The second kappa shape index (κ2) is 12.7. The van der Waals surface area contributed by atoms with Crippen LogP contribution in [0.4, 0.5) is 34.9 Å². The van der Waals surface area contributed by atoms with E-state index in [-0.39, 0.29) is 51.0 Å². The topological polar surface area (TPSA) is 97.3 Å². The number of hydrogen-bond acceptors (Lipinski definition) is 5. The summed E-state index contributed by atoms with van der Waals surface area (Å²) in [5, 5.41) is 8.46. The van der Waals surface area contributed by atoms with Gasteiger partial charge in [0, 0.05) is 25.1 Å². The molecule has 0 spiro atoms. The fraction of sp³-hybridized carbons (Fsp3) is 0.276. The predicted molar refractivity (Wildman–Crippen MR) is 158 cm³/mol. The number of nitrogens with zero attached hydrogens (tertiary/aromatic N) is 2. The van der Waals surface area contributed by atoms with Gasteiger partial charge in [0.15, 0.2) is 0 Å². The number of benzene rings is 3. The van der Waals surface area contributed by atoms with Gasteiger partial charge in [0.1, 0.15) is 29.7 Å². The fourth-order valence-electron chi connectivity index (χ4n) is 3.98. The van der Waals surface area contributed by atoms with Crippen LogP contribution >= 0.6 is 23.2 Å². The Hall–Kier alpha value is -4.03. The van der Waals surface area contributed by atoms with Gasteiger partial charge in [-0.05, 0) is 29.8 Å². The van der Waals surface area contributed by atoms with E-state index >= 15 is 0 Å². The monoisotopic (exact) mass is 639 g/mol. The van der Waals surface area contributed by atoms with Crippen molar-refractivity contribution in [3.05, 3.63) is 75.3 Å². The molecule has 0 aliphatic carbocycles. The number of carbonyl (C=O) groups excluding carboxylic acids is 2. The molecular weight excluding hydrogens is 613 g/mol. The van der Waals surface area contributed by atoms with Crippen molar-refractivity contribution < 1.29 is 31.9 Å². The van der Waals surface area contributed by atoms with Crippen molar-refractivity contribution in [2.24, 2.45) is 12.5 Å². The molecule has 3 N–H and O–H groups in total. The number of imidazole rings is 1. The van der Waals surface area contributed by atoms with Crippen molar-refractivity contribution in [2.75, 3.05) is 17.2 Å². The second-order valence-corrected chi connectivity index (χ2v) is 11.3. The molecule has 0 aliphatic heterocycles. The highest BCUT2D eigenvalue weighted by atomic mass is 35.5. The summed E-state index contributed by atoms with van der Waals surface area (Å²) in [6, 6.07) is 8.86. The number of ether oxygens (including phenoxy) is 1. The Balaban J connectivity index is 1.70. The lowest BCUT2D eigenvalue weighted by Crippen LogP contribution is -2.34. The maximum atomic E-state index is 14.2. The minimum Gasteiger partial charge on any atom is -0.487 e. The smallest absolute Gasteiger partial charge is 0.272 e. The van der Waals surface area contributed by atoms with Gasteiger partial charge >= 0.3 is 0 Å². The fourth-order valence-corrected chi connectivity index (χ4v) is 4.51. The SMILES string of the molecule is Cn1c(Nc2c(Cl)ccc(CNC(=O)C(C)(C)C)c2Cl)nc2cc(C(=O)Nc3c(F)cccc3F)c(OCC(F)F)cc21. The third kappa shape index (κ3) is 7.14. The standard InChI is InChI=1S/C29H27Cl2F4N5O3/c1-29(2,3)27(42)36-12-14-8-9-16(30)24(23(14)31)39-28-37-19-10-15(21(43-13-22(34)35)11-20(19)40(28)4)26(41)38-25-17(32)6-5-7-18(25)33/h5-11,22H,12-13H2,1-4H3,(H,36,42)(H,37,39)(H,38,41). The largest absolute Gasteiger partial charge is 0.487 e. The lowest BCUT2D eigenvalue weighted by atomic mass is 9.95. The first-order valence-electron chi connectivity index (χ1n) is 12.9. The van der Waals surface area contributed by atoms with E-state index in [1.807, 2.05) is 0 Å². The normalized spacial score (nSPS) is 11.6. The number of para-hydroxylation sites is 1. The first kappa shape index (κ1) is 31.9. The van der Waals surface area contributed by atoms with Crippen molar-refractivity contribution in [1.29, 1.82) is 0 Å². The van der Waals surface area contributed by atoms with E-state index in [4.69, 9.17) is 27.9 Å². The van der Waals surface area contributed by atoms with E-state index in [0.717, 1.165) is 18.2 Å². The molecule has 0 saturated heterocycles. The molecule has 0 radical (unpaired) electrons. The van der Waals surface area contributed by atoms with E-state index in [2.05, 4.69) is 20.9 Å². The minimum absolute atomic E-state index is 0.134. The van der Waals surface area contributed by atoms with Crippen molar-refractivity contribution in [3.63, 3.8) is 0 Å². The number of aromatic nitrogens is 2. The van der Waals surface area contributed by atoms with E-state index in [1.165, 1.54) is 12.1 Å². The van der Waals surface area contributed by atoms with Gasteiger partial charge < -0.3 is 25.3 Å². The highest BCUT2D eigenvalue weighted by molar-refractivity contribution is 6.39. The van der Waals surface area contributed by atoms with E-state index in [0.29, 0.717) is 11.1 Å². The average molecular weight is 640 g/mol. The van der Waals surface area contributed by atoms with E-state index in [1.54, 1.807) is 44.5 Å². The van der Waals surface area contributed by atoms with Crippen molar-refractivity contribution in [3.8, 4) is 5.75 Å². The van der Waals surface area contributed by atoms with E-state index < -0.39 is 41.7 Å². The first-order valence-corrected chi connectivity index (χ1v) is 13.6. The summed E-state index contributed by atoms with van der Waals surface area (Å²) in [7, 11) is 1.61. The highest BCUT2D eigenvalue weighted by Crippen LogP contribution is 2.37. The number of aryl methyl sites for hydroxylation is 1. The summed E-state index contributed by atoms with van der Waals surface area (Å²) in [6.07, 6.45) is -2.86. The number of fused-ring (bicyclic) bond motifs is 1. The van der Waals surface area contributed by atoms with Crippen LogP contribution in [0.15, 0.2) is 42.5 Å². The van der Waals surface area contributed by atoms with Gasteiger partial charge in [-0.15, -0.1) is 0 Å². The number of nitrogens with one attached hydrogen (secondary N) is 3. The predicted octanol–water partition coefficient (Wildman–Crippen LogP) is 7.46. The molecule has 3 aromatic carbocycles. The number of hydrogen-bond donors (Lipinski definition) is 3. The molecule has 1 aromatic heterocycles. The van der Waals surface area contributed by atoms with Crippen molar-refractivity contribution >= 4 is 63.4 Å². The molecule has 14 heteroatoms. The van der Waals surface area contributed by atoms with Crippen LogP contribution in [0.2, 0.25) is 10.0 Å². The maximum absolute atomic E-state index is 14.2. The second-order valence-electron chi connectivity index (χ2n) is 10.5. The average Bonchev–Trinajstić information content (AvgIpc) is 3.24. The van der Waals surface area contributed by atoms with Gasteiger partial charge in [0.2, 0.25) is 11.9 Å². The number of amides is 2. The number of carbonyl (C=O) groups is 2. The van der Waals surface area contributed by atoms with Crippen molar-refractivity contribution in [2.45, 2.75) is 33.7 Å². The molecule has 0 unspecified atom stereocenters. The summed E-state index contributed by atoms with van der Waals surface area (Å²) < 4.78 is 61.1. The van der Waals surface area contributed by atoms with Crippen LogP contribution in [0.5, 0.6) is 5.75 Å². The number of rotatable bonds is 9.